The molecular formula is C80H152O33. The lowest BCUT2D eigenvalue weighted by atomic mass is 9.91. The molecule has 33 nitrogen and oxygen atoms in total. The normalized spacial score (nSPS) is 22.7. The molecule has 33 heteroatoms. The van der Waals surface area contributed by atoms with Gasteiger partial charge in [-0.1, -0.05) is 175 Å². The molecule has 0 bridgehead atoms. The lowest BCUT2D eigenvalue weighted by Crippen LogP contribution is -2.62. The SMILES string of the molecule is CCCCCCCCCCCOCC(COCCCCCCCCCCC)(COCCCCCCCCCCC)CO[C@@H]1OC(COCCCO[C@H](O)/C(O)=C(\O)[C@H](O)CCO)[C@@H](OCCCO[C@H](O)/C(O)=C(\O)[C@H](O)CCO)C(OCCCO[C@@H]2OC(CO)[C@@H](O)C(O)C2O)C1OCCCO[C@H](O)/C(O)=C(\O)[C@H](O)CCO. The van der Waals surface area contributed by atoms with E-state index in [2.05, 4.69) is 20.8 Å². The minimum atomic E-state index is -2.13. The molecule has 2 aliphatic heterocycles. The summed E-state index contributed by atoms with van der Waals surface area (Å²) in [6, 6.07) is 0. The third kappa shape index (κ3) is 45.8. The van der Waals surface area contributed by atoms with Gasteiger partial charge in [-0.3, -0.25) is 0 Å². The number of aliphatic hydroxyl groups excluding tert-OH is 19. The topological polar surface area (TPSA) is 514 Å². The van der Waals surface area contributed by atoms with Crippen LogP contribution in [0.5, 0.6) is 0 Å². The fraction of sp³-hybridized carbons (Fsp3) is 0.925. The van der Waals surface area contributed by atoms with Gasteiger partial charge >= 0.3 is 0 Å². The minimum Gasteiger partial charge on any atom is -0.506 e. The van der Waals surface area contributed by atoms with Crippen LogP contribution >= 0.6 is 0 Å². The van der Waals surface area contributed by atoms with Crippen LogP contribution < -0.4 is 0 Å². The molecule has 0 radical (unpaired) electrons. The van der Waals surface area contributed by atoms with E-state index in [1.165, 1.54) is 96.3 Å². The predicted octanol–water partition coefficient (Wildman–Crippen LogP) is 7.12. The van der Waals surface area contributed by atoms with Crippen molar-refractivity contribution in [2.75, 3.05) is 132 Å². The van der Waals surface area contributed by atoms with Crippen LogP contribution in [-0.4, -0.2) is 328 Å². The lowest BCUT2D eigenvalue weighted by molar-refractivity contribution is -0.331. The number of hydrogen-bond acceptors (Lipinski definition) is 33. The van der Waals surface area contributed by atoms with Gasteiger partial charge in [-0.25, -0.2) is 0 Å². The minimum absolute atomic E-state index is 0.0322. The van der Waals surface area contributed by atoms with Gasteiger partial charge in [-0.05, 0) is 44.9 Å². The predicted molar refractivity (Wildman–Crippen MR) is 415 cm³/mol. The molecule has 2 fully saturated rings. The fourth-order valence-corrected chi connectivity index (χ4v) is 12.7. The van der Waals surface area contributed by atoms with Crippen LogP contribution in [0.2, 0.25) is 0 Å². The Morgan fingerprint density at radius 1 is 0.301 bits per heavy atom. The Hall–Kier alpha value is -3.06. The van der Waals surface area contributed by atoms with Gasteiger partial charge in [0.2, 0.25) is 18.9 Å². The molecule has 19 N–H and O–H groups in total. The molecule has 0 aromatic rings. The van der Waals surface area contributed by atoms with Gasteiger partial charge in [0.25, 0.3) is 0 Å². The van der Waals surface area contributed by atoms with Gasteiger partial charge in [0.15, 0.2) is 47.1 Å². The van der Waals surface area contributed by atoms with Gasteiger partial charge in [0.1, 0.15) is 67.1 Å². The molecule has 0 saturated carbocycles. The number of hydrogen-bond donors (Lipinski definition) is 19. The van der Waals surface area contributed by atoms with Crippen molar-refractivity contribution in [1.29, 1.82) is 0 Å². The van der Waals surface area contributed by atoms with E-state index in [1.54, 1.807) is 0 Å². The van der Waals surface area contributed by atoms with Crippen molar-refractivity contribution in [2.45, 2.75) is 338 Å². The molecule has 0 amide bonds. The maximum absolute atomic E-state index is 10.9. The van der Waals surface area contributed by atoms with Crippen LogP contribution in [-0.2, 0) is 66.3 Å². The van der Waals surface area contributed by atoms with Crippen LogP contribution in [0.15, 0.2) is 34.6 Å². The molecule has 0 aromatic carbocycles. The highest BCUT2D eigenvalue weighted by Crippen LogP contribution is 2.34. The Bertz CT molecular complexity index is 2260. The van der Waals surface area contributed by atoms with Crippen molar-refractivity contribution in [2.24, 2.45) is 5.41 Å². The monoisotopic (exact) mass is 1640 g/mol. The van der Waals surface area contributed by atoms with Crippen LogP contribution in [0.3, 0.4) is 0 Å². The van der Waals surface area contributed by atoms with E-state index in [9.17, 15) is 97.0 Å². The first kappa shape index (κ1) is 106. The maximum atomic E-state index is 10.9. The zero-order valence-electron chi connectivity index (χ0n) is 68.1. The third-order valence-electron chi connectivity index (χ3n) is 19.7. The molecule has 16 atom stereocenters. The first-order chi connectivity index (χ1) is 54.6. The van der Waals surface area contributed by atoms with Gasteiger partial charge < -0.3 is 163 Å². The molecule has 6 unspecified atom stereocenters. The van der Waals surface area contributed by atoms with Crippen LogP contribution in [0.1, 0.15) is 239 Å². The van der Waals surface area contributed by atoms with E-state index in [4.69, 9.17) is 66.3 Å². The molecule has 0 aromatic heterocycles. The van der Waals surface area contributed by atoms with Gasteiger partial charge in [0.05, 0.1) is 71.5 Å². The zero-order chi connectivity index (χ0) is 83.3. The van der Waals surface area contributed by atoms with Crippen molar-refractivity contribution in [3.8, 4) is 0 Å². The molecular weight excluding hydrogens is 1490 g/mol. The summed E-state index contributed by atoms with van der Waals surface area (Å²) in [5.41, 5.74) is -0.997. The van der Waals surface area contributed by atoms with Crippen molar-refractivity contribution in [3.05, 3.63) is 34.6 Å². The first-order valence-corrected chi connectivity index (χ1v) is 42.1. The summed E-state index contributed by atoms with van der Waals surface area (Å²) in [4.78, 5) is 0. The summed E-state index contributed by atoms with van der Waals surface area (Å²) in [5.74, 6) is -6.30. The fourth-order valence-electron chi connectivity index (χ4n) is 12.7. The summed E-state index contributed by atoms with van der Waals surface area (Å²) < 4.78 is 88.4. The lowest BCUT2D eigenvalue weighted by Gasteiger charge is -2.46. The summed E-state index contributed by atoms with van der Waals surface area (Å²) in [7, 11) is 0. The third-order valence-corrected chi connectivity index (χ3v) is 19.7. The average molecular weight is 1640 g/mol. The Morgan fingerprint density at radius 2 is 0.619 bits per heavy atom. The first-order valence-electron chi connectivity index (χ1n) is 42.1. The standard InChI is InChI=1S/C80H152O33/c1-4-7-10-13-16-19-22-25-28-41-101-54-80(55-102-42-29-26-23-20-17-14-11-8-5-2,56-103-43-30-27-24-21-18-15-12-9-6-3)57-111-79-74(106-47-33-50-109-77(99)70(95)65(90)60(87)37-40-83)73(105-46-34-51-110-78-71(96)67(92)66(91)61(52-84)112-78)72(104-45-32-49-108-76(98)69(94)64(89)59(86)36-39-82)62(113-79)53-100-44-31-48-107-75(97)68(93)63(88)58(85)35-38-81/h58-62,66-67,71-79,81-99H,4-57H2,1-3H3/b68-63+,69-64+,70-65+/t58-,59-,60-,61?,62?,66-,67?,71?,72-,73?,74?,75+,76+,77+,78-,79-/m1/s1. The second kappa shape index (κ2) is 67.7. The highest BCUT2D eigenvalue weighted by Gasteiger charge is 2.50. The molecule has 2 rings (SSSR count). The van der Waals surface area contributed by atoms with E-state index in [-0.39, 0.29) is 131 Å². The quantitative estimate of drug-likeness (QED) is 0.0164. The number of aliphatic hydroxyl groups is 19. The van der Waals surface area contributed by atoms with Crippen molar-refractivity contribution >= 4 is 0 Å². The number of rotatable bonds is 77. The number of unbranched alkanes of at least 4 members (excludes halogenated alkanes) is 24. The van der Waals surface area contributed by atoms with Gasteiger partial charge in [0, 0.05) is 85.3 Å². The molecule has 113 heavy (non-hydrogen) atoms. The van der Waals surface area contributed by atoms with Gasteiger partial charge in [-0.2, -0.15) is 0 Å². The van der Waals surface area contributed by atoms with Crippen molar-refractivity contribution in [1.82, 2.24) is 0 Å². The Labute approximate surface area is 670 Å². The van der Waals surface area contributed by atoms with E-state index in [0.717, 1.165) is 77.0 Å². The van der Waals surface area contributed by atoms with Crippen molar-refractivity contribution < 1.29 is 163 Å². The molecule has 2 aliphatic rings. The van der Waals surface area contributed by atoms with Crippen LogP contribution in [0.4, 0.5) is 0 Å². The largest absolute Gasteiger partial charge is 0.506 e. The molecule has 0 aliphatic carbocycles. The maximum Gasteiger partial charge on any atom is 0.217 e. The summed E-state index contributed by atoms with van der Waals surface area (Å²) in [6.07, 6.45) is 3.10. The molecule has 2 saturated heterocycles. The average Bonchev–Trinajstić information content (AvgIpc) is 0.788. The zero-order valence-corrected chi connectivity index (χ0v) is 68.1. The molecule has 2 heterocycles. The second-order valence-electron chi connectivity index (χ2n) is 29.6. The highest BCUT2D eigenvalue weighted by atomic mass is 16.7. The molecule has 670 valence electrons. The van der Waals surface area contributed by atoms with Crippen LogP contribution in [0.25, 0.3) is 0 Å². The van der Waals surface area contributed by atoms with Gasteiger partial charge in [-0.15, -0.1) is 0 Å². The Morgan fingerprint density at radius 3 is 0.991 bits per heavy atom. The highest BCUT2D eigenvalue weighted by molar-refractivity contribution is 5.08. The van der Waals surface area contributed by atoms with E-state index in [0.29, 0.717) is 19.8 Å². The van der Waals surface area contributed by atoms with E-state index >= 15 is 0 Å². The Kier molecular flexibility index (Phi) is 63.5. The van der Waals surface area contributed by atoms with Crippen LogP contribution in [0, 0.1) is 5.41 Å². The number of ether oxygens (including phenoxy) is 14. The van der Waals surface area contributed by atoms with E-state index < -0.39 is 165 Å². The Balaban J connectivity index is 2.89. The smallest absolute Gasteiger partial charge is 0.217 e. The van der Waals surface area contributed by atoms with Crippen molar-refractivity contribution in [3.63, 3.8) is 0 Å². The summed E-state index contributed by atoms with van der Waals surface area (Å²) >= 11 is 0. The van der Waals surface area contributed by atoms with E-state index in [1.807, 2.05) is 0 Å². The second-order valence-corrected chi connectivity index (χ2v) is 29.6. The molecule has 0 spiro atoms. The summed E-state index contributed by atoms with van der Waals surface area (Å²) in [6.45, 7) is 3.65. The summed E-state index contributed by atoms with van der Waals surface area (Å²) in [5, 5.41) is 195.